The van der Waals surface area contributed by atoms with Gasteiger partial charge >= 0.3 is 0 Å². The molecule has 1 fully saturated rings. The summed E-state index contributed by atoms with van der Waals surface area (Å²) in [5, 5.41) is 11.9. The van der Waals surface area contributed by atoms with E-state index in [0.717, 1.165) is 24.7 Å². The van der Waals surface area contributed by atoms with Gasteiger partial charge in [0.1, 0.15) is 0 Å². The normalized spacial score (nSPS) is 17.5. The minimum atomic E-state index is 0.0229. The van der Waals surface area contributed by atoms with E-state index in [-0.39, 0.29) is 5.54 Å². The van der Waals surface area contributed by atoms with Crippen LogP contribution >= 0.6 is 0 Å². The standard InChI is InChI=1S/C14H26N4/c1-14(2,3)18-11-13(16-17-18)10-15-9-8-12-6-4-5-7-12/h11-12,15H,4-10H2,1-3H3. The summed E-state index contributed by atoms with van der Waals surface area (Å²) in [6.07, 6.45) is 9.09. The van der Waals surface area contributed by atoms with Gasteiger partial charge < -0.3 is 5.32 Å². The molecule has 2 rings (SSSR count). The fourth-order valence-electron chi connectivity index (χ4n) is 2.53. The van der Waals surface area contributed by atoms with Gasteiger partial charge in [-0.25, -0.2) is 4.68 Å². The second kappa shape index (κ2) is 5.83. The molecule has 4 heteroatoms. The topological polar surface area (TPSA) is 42.7 Å². The van der Waals surface area contributed by atoms with E-state index >= 15 is 0 Å². The number of nitrogens with zero attached hydrogens (tertiary/aromatic N) is 3. The van der Waals surface area contributed by atoms with E-state index in [9.17, 15) is 0 Å². The Labute approximate surface area is 110 Å². The third kappa shape index (κ3) is 3.80. The highest BCUT2D eigenvalue weighted by Gasteiger charge is 2.15. The molecule has 18 heavy (non-hydrogen) atoms. The van der Waals surface area contributed by atoms with Crippen molar-refractivity contribution in [2.45, 2.75) is 65.0 Å². The molecule has 1 heterocycles. The lowest BCUT2D eigenvalue weighted by molar-refractivity contribution is 0.347. The lowest BCUT2D eigenvalue weighted by Gasteiger charge is -2.17. The van der Waals surface area contributed by atoms with E-state index in [1.165, 1.54) is 32.1 Å². The summed E-state index contributed by atoms with van der Waals surface area (Å²) >= 11 is 0. The van der Waals surface area contributed by atoms with Crippen LogP contribution in [0.25, 0.3) is 0 Å². The predicted octanol–water partition coefficient (Wildman–Crippen LogP) is 2.70. The first-order valence-electron chi connectivity index (χ1n) is 7.18. The highest BCUT2D eigenvalue weighted by Crippen LogP contribution is 2.26. The fourth-order valence-corrected chi connectivity index (χ4v) is 2.53. The molecule has 1 aliphatic rings. The number of aromatic nitrogens is 3. The highest BCUT2D eigenvalue weighted by molar-refractivity contribution is 4.94. The zero-order chi connectivity index (χ0) is 13.0. The summed E-state index contributed by atoms with van der Waals surface area (Å²) < 4.78 is 1.93. The molecule has 0 amide bonds. The molecule has 1 aromatic heterocycles. The summed E-state index contributed by atoms with van der Waals surface area (Å²) in [5.74, 6) is 0.961. The molecule has 4 nitrogen and oxygen atoms in total. The van der Waals surface area contributed by atoms with Crippen molar-refractivity contribution in [1.82, 2.24) is 20.3 Å². The van der Waals surface area contributed by atoms with E-state index in [1.54, 1.807) is 0 Å². The molecule has 0 atom stereocenters. The van der Waals surface area contributed by atoms with Crippen LogP contribution in [0.1, 0.15) is 58.6 Å². The molecule has 1 saturated carbocycles. The van der Waals surface area contributed by atoms with E-state index in [4.69, 9.17) is 0 Å². The average Bonchev–Trinajstić information content (AvgIpc) is 2.95. The van der Waals surface area contributed by atoms with Gasteiger partial charge in [0.25, 0.3) is 0 Å². The van der Waals surface area contributed by atoms with Crippen LogP contribution in [-0.2, 0) is 12.1 Å². The van der Waals surface area contributed by atoms with E-state index < -0.39 is 0 Å². The van der Waals surface area contributed by atoms with Gasteiger partial charge in [0.15, 0.2) is 0 Å². The van der Waals surface area contributed by atoms with Crippen molar-refractivity contribution in [2.24, 2.45) is 5.92 Å². The molecule has 0 aliphatic heterocycles. The molecule has 0 saturated heterocycles. The van der Waals surface area contributed by atoms with Crippen molar-refractivity contribution in [3.05, 3.63) is 11.9 Å². The summed E-state index contributed by atoms with van der Waals surface area (Å²) in [5.41, 5.74) is 1.06. The van der Waals surface area contributed by atoms with Crippen molar-refractivity contribution in [2.75, 3.05) is 6.54 Å². The Morgan fingerprint density at radius 1 is 1.33 bits per heavy atom. The van der Waals surface area contributed by atoms with Gasteiger partial charge in [-0.1, -0.05) is 30.9 Å². The second-order valence-electron chi connectivity index (χ2n) is 6.44. The minimum Gasteiger partial charge on any atom is -0.311 e. The Kier molecular flexibility index (Phi) is 4.38. The summed E-state index contributed by atoms with van der Waals surface area (Å²) in [4.78, 5) is 0. The smallest absolute Gasteiger partial charge is 0.0965 e. The average molecular weight is 250 g/mol. The fraction of sp³-hybridized carbons (Fsp3) is 0.857. The molecule has 1 aromatic rings. The van der Waals surface area contributed by atoms with Crippen LogP contribution in [0.3, 0.4) is 0 Å². The molecule has 1 N–H and O–H groups in total. The van der Waals surface area contributed by atoms with E-state index in [2.05, 4.69) is 36.4 Å². The highest BCUT2D eigenvalue weighted by atomic mass is 15.4. The molecular formula is C14H26N4. The largest absolute Gasteiger partial charge is 0.311 e. The molecule has 1 aliphatic carbocycles. The number of rotatable bonds is 5. The van der Waals surface area contributed by atoms with Crippen LogP contribution in [0.5, 0.6) is 0 Å². The SMILES string of the molecule is CC(C)(C)n1cc(CNCCC2CCCC2)nn1. The lowest BCUT2D eigenvalue weighted by Crippen LogP contribution is -2.22. The molecule has 102 valence electrons. The van der Waals surface area contributed by atoms with Crippen LogP contribution < -0.4 is 5.32 Å². The zero-order valence-corrected chi connectivity index (χ0v) is 11.9. The maximum atomic E-state index is 4.20. The van der Waals surface area contributed by atoms with Crippen molar-refractivity contribution >= 4 is 0 Å². The van der Waals surface area contributed by atoms with Gasteiger partial charge in [0.2, 0.25) is 0 Å². The number of nitrogens with one attached hydrogen (secondary N) is 1. The van der Waals surface area contributed by atoms with Gasteiger partial charge in [-0.2, -0.15) is 0 Å². The van der Waals surface area contributed by atoms with Gasteiger partial charge in [-0.15, -0.1) is 5.10 Å². The zero-order valence-electron chi connectivity index (χ0n) is 11.9. The van der Waals surface area contributed by atoms with Crippen molar-refractivity contribution in [3.8, 4) is 0 Å². The maximum Gasteiger partial charge on any atom is 0.0965 e. The van der Waals surface area contributed by atoms with Gasteiger partial charge in [-0.05, 0) is 39.7 Å². The Bertz CT molecular complexity index is 358. The Morgan fingerprint density at radius 2 is 2.06 bits per heavy atom. The van der Waals surface area contributed by atoms with Crippen LogP contribution in [0, 0.1) is 5.92 Å². The van der Waals surface area contributed by atoms with Crippen molar-refractivity contribution < 1.29 is 0 Å². The van der Waals surface area contributed by atoms with Gasteiger partial charge in [-0.3, -0.25) is 0 Å². The van der Waals surface area contributed by atoms with Crippen LogP contribution in [0.4, 0.5) is 0 Å². The Balaban J connectivity index is 1.68. The quantitative estimate of drug-likeness (QED) is 0.817. The number of hydrogen-bond acceptors (Lipinski definition) is 3. The summed E-state index contributed by atoms with van der Waals surface area (Å²) in [6, 6.07) is 0. The van der Waals surface area contributed by atoms with Crippen LogP contribution in [-0.4, -0.2) is 21.5 Å². The third-order valence-electron chi connectivity index (χ3n) is 3.74. The minimum absolute atomic E-state index is 0.0229. The monoisotopic (exact) mass is 250 g/mol. The van der Waals surface area contributed by atoms with E-state index in [0.29, 0.717) is 0 Å². The van der Waals surface area contributed by atoms with Crippen molar-refractivity contribution in [1.29, 1.82) is 0 Å². The summed E-state index contributed by atoms with van der Waals surface area (Å²) in [6.45, 7) is 8.35. The van der Waals surface area contributed by atoms with Crippen molar-refractivity contribution in [3.63, 3.8) is 0 Å². The van der Waals surface area contributed by atoms with Gasteiger partial charge in [0.05, 0.1) is 17.4 Å². The third-order valence-corrected chi connectivity index (χ3v) is 3.74. The molecule has 0 aromatic carbocycles. The first kappa shape index (κ1) is 13.5. The van der Waals surface area contributed by atoms with E-state index in [1.807, 2.05) is 10.9 Å². The molecule has 0 unspecified atom stereocenters. The first-order valence-corrected chi connectivity index (χ1v) is 7.18. The Hall–Kier alpha value is -0.900. The molecule has 0 spiro atoms. The van der Waals surface area contributed by atoms with Gasteiger partial charge in [0, 0.05) is 6.54 Å². The lowest BCUT2D eigenvalue weighted by atomic mass is 10.0. The van der Waals surface area contributed by atoms with Crippen LogP contribution in [0.15, 0.2) is 6.20 Å². The Morgan fingerprint density at radius 3 is 2.67 bits per heavy atom. The first-order chi connectivity index (χ1) is 8.55. The summed E-state index contributed by atoms with van der Waals surface area (Å²) in [7, 11) is 0. The molecule has 0 bridgehead atoms. The van der Waals surface area contributed by atoms with Crippen LogP contribution in [0.2, 0.25) is 0 Å². The molecular weight excluding hydrogens is 224 g/mol. The maximum absolute atomic E-state index is 4.20. The molecule has 0 radical (unpaired) electrons. The predicted molar refractivity (Wildman–Crippen MR) is 73.3 cm³/mol. The number of hydrogen-bond donors (Lipinski definition) is 1. The second-order valence-corrected chi connectivity index (χ2v) is 6.44.